The van der Waals surface area contributed by atoms with Gasteiger partial charge in [0.1, 0.15) is 0 Å². The number of non-ortho nitro benzene ring substituents is 1. The number of hydrogen-bond donors (Lipinski definition) is 2. The molecular formula is C22H19N3O3. The largest absolute Gasteiger partial charge is 0.354 e. The number of carbonyl (C=O) groups is 1. The third kappa shape index (κ3) is 5.04. The lowest BCUT2D eigenvalue weighted by atomic mass is 10.2. The summed E-state index contributed by atoms with van der Waals surface area (Å²) in [5.41, 5.74) is 4.24. The molecule has 0 aliphatic carbocycles. The molecule has 0 saturated heterocycles. The van der Waals surface area contributed by atoms with Crippen molar-refractivity contribution in [2.75, 3.05) is 10.6 Å². The lowest BCUT2D eigenvalue weighted by Crippen LogP contribution is -2.09. The molecule has 0 bridgehead atoms. The van der Waals surface area contributed by atoms with E-state index in [2.05, 4.69) is 10.6 Å². The zero-order valence-electron chi connectivity index (χ0n) is 15.3. The summed E-state index contributed by atoms with van der Waals surface area (Å²) in [4.78, 5) is 22.5. The Morgan fingerprint density at radius 2 is 1.57 bits per heavy atom. The summed E-state index contributed by atoms with van der Waals surface area (Å²) in [5.74, 6) is -0.295. The Kier molecular flexibility index (Phi) is 5.81. The first kappa shape index (κ1) is 18.8. The maximum atomic E-state index is 12.3. The number of nitro benzene ring substituents is 1. The lowest BCUT2D eigenvalue weighted by Gasteiger charge is -2.12. The van der Waals surface area contributed by atoms with Crippen LogP contribution in [0, 0.1) is 17.0 Å². The van der Waals surface area contributed by atoms with E-state index in [9.17, 15) is 14.9 Å². The topological polar surface area (TPSA) is 84.3 Å². The van der Waals surface area contributed by atoms with Gasteiger partial charge in [-0.1, -0.05) is 29.8 Å². The van der Waals surface area contributed by atoms with E-state index in [1.54, 1.807) is 18.2 Å². The second kappa shape index (κ2) is 8.64. The highest BCUT2D eigenvalue weighted by molar-refractivity contribution is 6.04. The van der Waals surface area contributed by atoms with E-state index in [0.717, 1.165) is 11.4 Å². The number of hydrogen-bond acceptors (Lipinski definition) is 4. The monoisotopic (exact) mass is 373 g/mol. The van der Waals surface area contributed by atoms with Crippen LogP contribution in [0.25, 0.3) is 6.08 Å². The van der Waals surface area contributed by atoms with E-state index in [1.165, 1.54) is 23.8 Å². The average molecular weight is 373 g/mol. The van der Waals surface area contributed by atoms with Crippen molar-refractivity contribution < 1.29 is 9.72 Å². The van der Waals surface area contributed by atoms with Crippen LogP contribution in [0.15, 0.2) is 78.9 Å². The quantitative estimate of drug-likeness (QED) is 0.349. The molecule has 3 rings (SSSR count). The van der Waals surface area contributed by atoms with Crippen LogP contribution in [0.1, 0.15) is 11.1 Å². The van der Waals surface area contributed by atoms with Gasteiger partial charge in [-0.2, -0.15) is 0 Å². The average Bonchev–Trinajstić information content (AvgIpc) is 2.70. The Morgan fingerprint density at radius 3 is 2.21 bits per heavy atom. The van der Waals surface area contributed by atoms with Gasteiger partial charge < -0.3 is 10.6 Å². The zero-order chi connectivity index (χ0) is 19.9. The first-order valence-electron chi connectivity index (χ1n) is 8.67. The molecule has 0 aliphatic heterocycles. The van der Waals surface area contributed by atoms with Gasteiger partial charge >= 0.3 is 0 Å². The highest BCUT2D eigenvalue weighted by atomic mass is 16.6. The minimum Gasteiger partial charge on any atom is -0.354 e. The van der Waals surface area contributed by atoms with Gasteiger partial charge in [-0.25, -0.2) is 0 Å². The summed E-state index contributed by atoms with van der Waals surface area (Å²) < 4.78 is 0. The Labute approximate surface area is 162 Å². The van der Waals surface area contributed by atoms with Crippen molar-refractivity contribution in [1.82, 2.24) is 0 Å². The number of nitro groups is 1. The van der Waals surface area contributed by atoms with Crippen molar-refractivity contribution in [1.29, 1.82) is 0 Å². The standard InChI is InChI=1S/C22H19N3O3/c1-16-6-11-18(12-7-16)23-20-4-2-3-5-21(20)24-22(26)15-10-17-8-13-19(14-9-17)25(27)28/h2-15,23H,1H3,(H,24,26)/b15-10+. The van der Waals surface area contributed by atoms with Crippen molar-refractivity contribution in [2.45, 2.75) is 6.92 Å². The van der Waals surface area contributed by atoms with Crippen molar-refractivity contribution in [2.24, 2.45) is 0 Å². The summed E-state index contributed by atoms with van der Waals surface area (Å²) in [6, 6.07) is 21.4. The molecule has 0 aliphatic rings. The van der Waals surface area contributed by atoms with E-state index in [1.807, 2.05) is 55.5 Å². The number of para-hydroxylation sites is 2. The molecule has 0 aromatic heterocycles. The minimum absolute atomic E-state index is 0.0118. The Hall–Kier alpha value is -3.93. The molecule has 1 amide bonds. The maximum Gasteiger partial charge on any atom is 0.269 e. The summed E-state index contributed by atoms with van der Waals surface area (Å²) >= 11 is 0. The predicted molar refractivity (Wildman–Crippen MR) is 112 cm³/mol. The van der Waals surface area contributed by atoms with Crippen LogP contribution in [-0.4, -0.2) is 10.8 Å². The Bertz CT molecular complexity index is 1010. The molecule has 0 atom stereocenters. The van der Waals surface area contributed by atoms with Gasteiger partial charge in [-0.3, -0.25) is 14.9 Å². The summed E-state index contributed by atoms with van der Waals surface area (Å²) in [7, 11) is 0. The van der Waals surface area contributed by atoms with Gasteiger partial charge in [0.15, 0.2) is 0 Å². The molecule has 0 radical (unpaired) electrons. The Morgan fingerprint density at radius 1 is 0.929 bits per heavy atom. The van der Waals surface area contributed by atoms with Crippen LogP contribution in [0.3, 0.4) is 0 Å². The highest BCUT2D eigenvalue weighted by Crippen LogP contribution is 2.25. The van der Waals surface area contributed by atoms with Crippen molar-refractivity contribution in [3.63, 3.8) is 0 Å². The van der Waals surface area contributed by atoms with Gasteiger partial charge in [0, 0.05) is 23.9 Å². The van der Waals surface area contributed by atoms with Crippen LogP contribution in [0.2, 0.25) is 0 Å². The molecule has 3 aromatic rings. The maximum absolute atomic E-state index is 12.3. The lowest BCUT2D eigenvalue weighted by molar-refractivity contribution is -0.384. The third-order valence-electron chi connectivity index (χ3n) is 4.05. The van der Waals surface area contributed by atoms with Crippen LogP contribution >= 0.6 is 0 Å². The molecule has 0 fully saturated rings. The van der Waals surface area contributed by atoms with E-state index in [0.29, 0.717) is 11.3 Å². The fourth-order valence-electron chi connectivity index (χ4n) is 2.55. The number of amides is 1. The molecule has 3 aromatic carbocycles. The fourth-order valence-corrected chi connectivity index (χ4v) is 2.55. The highest BCUT2D eigenvalue weighted by Gasteiger charge is 2.06. The second-order valence-electron chi connectivity index (χ2n) is 6.21. The minimum atomic E-state index is -0.460. The number of nitrogens with one attached hydrogen (secondary N) is 2. The van der Waals surface area contributed by atoms with Crippen molar-refractivity contribution in [3.8, 4) is 0 Å². The number of benzene rings is 3. The number of aryl methyl sites for hydroxylation is 1. The third-order valence-corrected chi connectivity index (χ3v) is 4.05. The molecule has 28 heavy (non-hydrogen) atoms. The molecule has 0 spiro atoms. The second-order valence-corrected chi connectivity index (χ2v) is 6.21. The molecule has 6 nitrogen and oxygen atoms in total. The van der Waals surface area contributed by atoms with Gasteiger partial charge in [-0.15, -0.1) is 0 Å². The normalized spacial score (nSPS) is 10.6. The molecule has 140 valence electrons. The van der Waals surface area contributed by atoms with Gasteiger partial charge in [0.2, 0.25) is 5.91 Å². The van der Waals surface area contributed by atoms with E-state index >= 15 is 0 Å². The summed E-state index contributed by atoms with van der Waals surface area (Å²) in [6.07, 6.45) is 3.00. The van der Waals surface area contributed by atoms with Crippen molar-refractivity contribution in [3.05, 3.63) is 100 Å². The smallest absolute Gasteiger partial charge is 0.269 e. The van der Waals surface area contributed by atoms with Crippen LogP contribution in [0.5, 0.6) is 0 Å². The summed E-state index contributed by atoms with van der Waals surface area (Å²) in [5, 5.41) is 16.8. The van der Waals surface area contributed by atoms with Crippen LogP contribution < -0.4 is 10.6 Å². The molecule has 6 heteroatoms. The zero-order valence-corrected chi connectivity index (χ0v) is 15.3. The molecule has 0 heterocycles. The van der Waals surface area contributed by atoms with Gasteiger partial charge in [-0.05, 0) is 55.0 Å². The van der Waals surface area contributed by atoms with Crippen molar-refractivity contribution >= 4 is 34.7 Å². The van der Waals surface area contributed by atoms with Crippen LogP contribution in [-0.2, 0) is 4.79 Å². The molecule has 0 unspecified atom stereocenters. The van der Waals surface area contributed by atoms with Crippen LogP contribution in [0.4, 0.5) is 22.7 Å². The van der Waals surface area contributed by atoms with E-state index in [-0.39, 0.29) is 11.6 Å². The number of anilines is 3. The van der Waals surface area contributed by atoms with Gasteiger partial charge in [0.05, 0.1) is 16.3 Å². The van der Waals surface area contributed by atoms with E-state index < -0.39 is 4.92 Å². The number of rotatable bonds is 6. The SMILES string of the molecule is Cc1ccc(Nc2ccccc2NC(=O)/C=C/c2ccc([N+](=O)[O-])cc2)cc1. The van der Waals surface area contributed by atoms with Gasteiger partial charge in [0.25, 0.3) is 5.69 Å². The molecule has 0 saturated carbocycles. The first-order valence-corrected chi connectivity index (χ1v) is 8.67. The van der Waals surface area contributed by atoms with E-state index in [4.69, 9.17) is 0 Å². The molecule has 2 N–H and O–H groups in total. The summed E-state index contributed by atoms with van der Waals surface area (Å²) in [6.45, 7) is 2.02. The first-order chi connectivity index (χ1) is 13.5. The Balaban J connectivity index is 1.68. The number of nitrogens with zero attached hydrogens (tertiary/aromatic N) is 1. The fraction of sp³-hybridized carbons (Fsp3) is 0.0455. The predicted octanol–water partition coefficient (Wildman–Crippen LogP) is 5.30. The number of carbonyl (C=O) groups excluding carboxylic acids is 1. The molecular weight excluding hydrogens is 354 g/mol.